The number of hydrogen-bond donors (Lipinski definition) is 0. The Labute approximate surface area is 93.1 Å². The van der Waals surface area contributed by atoms with Crippen LogP contribution < -0.4 is 0 Å². The SMILES string of the molecule is CC.CSc1nc(Cl)c(C)c(Cl)n1. The first-order chi connectivity index (χ1) is 6.15. The number of hydrogen-bond acceptors (Lipinski definition) is 3. The van der Waals surface area contributed by atoms with E-state index in [0.717, 1.165) is 5.56 Å². The summed E-state index contributed by atoms with van der Waals surface area (Å²) in [5.41, 5.74) is 0.728. The maximum absolute atomic E-state index is 5.75. The van der Waals surface area contributed by atoms with E-state index in [4.69, 9.17) is 23.2 Å². The Morgan fingerprint density at radius 3 is 1.77 bits per heavy atom. The molecule has 0 spiro atoms. The molecule has 2 nitrogen and oxygen atoms in total. The Kier molecular flexibility index (Phi) is 6.47. The van der Waals surface area contributed by atoms with Gasteiger partial charge in [-0.25, -0.2) is 9.97 Å². The van der Waals surface area contributed by atoms with Crippen molar-refractivity contribution in [3.8, 4) is 0 Å². The number of aromatic nitrogens is 2. The van der Waals surface area contributed by atoms with Crippen molar-refractivity contribution < 1.29 is 0 Å². The van der Waals surface area contributed by atoms with Crippen LogP contribution in [0.15, 0.2) is 5.16 Å². The summed E-state index contributed by atoms with van der Waals surface area (Å²) in [6.45, 7) is 5.79. The second kappa shape index (κ2) is 6.46. The van der Waals surface area contributed by atoms with Crippen molar-refractivity contribution in [3.05, 3.63) is 15.9 Å². The van der Waals surface area contributed by atoms with Crippen LogP contribution >= 0.6 is 35.0 Å². The largest absolute Gasteiger partial charge is 0.210 e. The van der Waals surface area contributed by atoms with Gasteiger partial charge in [0.2, 0.25) is 0 Å². The molecule has 0 aliphatic carbocycles. The Bertz CT molecular complexity index is 256. The molecule has 13 heavy (non-hydrogen) atoms. The van der Waals surface area contributed by atoms with E-state index in [2.05, 4.69) is 9.97 Å². The third-order valence-electron chi connectivity index (χ3n) is 1.19. The second-order valence-corrected chi connectivity index (χ2v) is 3.41. The Hall–Kier alpha value is 0.01000. The van der Waals surface area contributed by atoms with Gasteiger partial charge in [-0.05, 0) is 13.2 Å². The molecule has 0 bridgehead atoms. The Morgan fingerprint density at radius 1 is 1.08 bits per heavy atom. The van der Waals surface area contributed by atoms with E-state index < -0.39 is 0 Å². The molecule has 1 aromatic heterocycles. The Morgan fingerprint density at radius 2 is 1.46 bits per heavy atom. The highest BCUT2D eigenvalue weighted by molar-refractivity contribution is 7.98. The molecule has 0 saturated heterocycles. The fourth-order valence-corrected chi connectivity index (χ4v) is 1.39. The molecule has 1 aromatic rings. The zero-order chi connectivity index (χ0) is 10.4. The zero-order valence-corrected chi connectivity index (χ0v) is 10.4. The molecule has 1 rings (SSSR count). The van der Waals surface area contributed by atoms with Gasteiger partial charge in [-0.1, -0.05) is 48.8 Å². The van der Waals surface area contributed by atoms with Crippen molar-refractivity contribution in [3.63, 3.8) is 0 Å². The van der Waals surface area contributed by atoms with E-state index in [9.17, 15) is 0 Å². The van der Waals surface area contributed by atoms with E-state index in [1.807, 2.05) is 20.1 Å². The molecule has 0 aromatic carbocycles. The van der Waals surface area contributed by atoms with Gasteiger partial charge in [0.05, 0.1) is 0 Å². The maximum atomic E-state index is 5.75. The molecule has 0 radical (unpaired) electrons. The van der Waals surface area contributed by atoms with Crippen molar-refractivity contribution >= 4 is 35.0 Å². The summed E-state index contributed by atoms with van der Waals surface area (Å²) in [4.78, 5) is 7.97. The summed E-state index contributed by atoms with van der Waals surface area (Å²) in [6, 6.07) is 0. The summed E-state index contributed by atoms with van der Waals surface area (Å²) < 4.78 is 0. The summed E-state index contributed by atoms with van der Waals surface area (Å²) in [6.07, 6.45) is 1.87. The lowest BCUT2D eigenvalue weighted by molar-refractivity contribution is 0.954. The van der Waals surface area contributed by atoms with Crippen LogP contribution in [0.2, 0.25) is 10.3 Å². The van der Waals surface area contributed by atoms with E-state index >= 15 is 0 Å². The van der Waals surface area contributed by atoms with Crippen LogP contribution in [0.5, 0.6) is 0 Å². The highest BCUT2D eigenvalue weighted by Gasteiger charge is 2.05. The third-order valence-corrected chi connectivity index (χ3v) is 2.47. The normalized spacial score (nSPS) is 9.08. The minimum absolute atomic E-state index is 0.425. The van der Waals surface area contributed by atoms with Crippen LogP contribution in [0.25, 0.3) is 0 Å². The van der Waals surface area contributed by atoms with Crippen LogP contribution in [0.4, 0.5) is 0 Å². The van der Waals surface area contributed by atoms with Gasteiger partial charge < -0.3 is 0 Å². The highest BCUT2D eigenvalue weighted by atomic mass is 35.5. The molecule has 0 N–H and O–H groups in total. The molecular weight excluding hydrogens is 227 g/mol. The van der Waals surface area contributed by atoms with E-state index in [1.54, 1.807) is 6.92 Å². The van der Waals surface area contributed by atoms with Gasteiger partial charge in [0.1, 0.15) is 10.3 Å². The van der Waals surface area contributed by atoms with Gasteiger partial charge in [0.15, 0.2) is 5.16 Å². The lowest BCUT2D eigenvalue weighted by atomic mass is 10.4. The zero-order valence-electron chi connectivity index (χ0n) is 8.06. The highest BCUT2D eigenvalue weighted by Crippen LogP contribution is 2.22. The topological polar surface area (TPSA) is 25.8 Å². The van der Waals surface area contributed by atoms with E-state index in [-0.39, 0.29) is 0 Å². The third kappa shape index (κ3) is 3.71. The smallest absolute Gasteiger partial charge is 0.190 e. The van der Waals surface area contributed by atoms with Crippen LogP contribution in [0.1, 0.15) is 19.4 Å². The van der Waals surface area contributed by atoms with E-state index in [0.29, 0.717) is 15.5 Å². The average molecular weight is 239 g/mol. The average Bonchev–Trinajstić information content (AvgIpc) is 2.16. The molecule has 74 valence electrons. The van der Waals surface area contributed by atoms with Crippen LogP contribution in [0, 0.1) is 6.92 Å². The molecule has 0 unspecified atom stereocenters. The molecule has 0 saturated carbocycles. The quantitative estimate of drug-likeness (QED) is 0.423. The monoisotopic (exact) mass is 238 g/mol. The van der Waals surface area contributed by atoms with Crippen molar-refractivity contribution in [2.45, 2.75) is 25.9 Å². The minimum Gasteiger partial charge on any atom is -0.210 e. The lowest BCUT2D eigenvalue weighted by Gasteiger charge is -2.00. The lowest BCUT2D eigenvalue weighted by Crippen LogP contribution is -1.90. The standard InChI is InChI=1S/C6H6Cl2N2S.C2H6/c1-3-4(7)9-6(11-2)10-5(3)8;1-2/h1-2H3;1-2H3. The predicted octanol–water partition coefficient (Wildman–Crippen LogP) is 3.84. The van der Waals surface area contributed by atoms with Gasteiger partial charge >= 0.3 is 0 Å². The van der Waals surface area contributed by atoms with Gasteiger partial charge in [0.25, 0.3) is 0 Å². The first kappa shape index (κ1) is 13.0. The van der Waals surface area contributed by atoms with Crippen molar-refractivity contribution in [1.29, 1.82) is 0 Å². The van der Waals surface area contributed by atoms with Crippen molar-refractivity contribution in [2.75, 3.05) is 6.26 Å². The van der Waals surface area contributed by atoms with Crippen molar-refractivity contribution in [1.82, 2.24) is 9.97 Å². The molecule has 0 amide bonds. The van der Waals surface area contributed by atoms with Gasteiger partial charge in [-0.15, -0.1) is 0 Å². The summed E-state index contributed by atoms with van der Waals surface area (Å²) >= 11 is 12.9. The predicted molar refractivity (Wildman–Crippen MR) is 59.9 cm³/mol. The van der Waals surface area contributed by atoms with E-state index in [1.165, 1.54) is 11.8 Å². The number of rotatable bonds is 1. The first-order valence-corrected chi connectivity index (χ1v) is 5.87. The van der Waals surface area contributed by atoms with Gasteiger partial charge in [-0.2, -0.15) is 0 Å². The molecule has 0 aliphatic heterocycles. The molecular formula is C8H12Cl2N2S. The molecule has 0 fully saturated rings. The summed E-state index contributed by atoms with van der Waals surface area (Å²) in [7, 11) is 0. The molecule has 1 heterocycles. The fraction of sp³-hybridized carbons (Fsp3) is 0.500. The molecule has 5 heteroatoms. The van der Waals surface area contributed by atoms with Crippen molar-refractivity contribution in [2.24, 2.45) is 0 Å². The molecule has 0 atom stereocenters. The molecule has 0 aliphatic rings. The van der Waals surface area contributed by atoms with Gasteiger partial charge in [0, 0.05) is 5.56 Å². The summed E-state index contributed by atoms with van der Waals surface area (Å²) in [5, 5.41) is 1.45. The first-order valence-electron chi connectivity index (χ1n) is 3.88. The number of halogens is 2. The van der Waals surface area contributed by atoms with Crippen LogP contribution in [0.3, 0.4) is 0 Å². The fourth-order valence-electron chi connectivity index (χ4n) is 0.537. The maximum Gasteiger partial charge on any atom is 0.190 e. The van der Waals surface area contributed by atoms with Gasteiger partial charge in [-0.3, -0.25) is 0 Å². The second-order valence-electron chi connectivity index (χ2n) is 1.92. The Balaban J connectivity index is 0.000000671. The minimum atomic E-state index is 0.425. The van der Waals surface area contributed by atoms with Crippen LogP contribution in [-0.4, -0.2) is 16.2 Å². The summed E-state index contributed by atoms with van der Waals surface area (Å²) in [5.74, 6) is 0. The number of nitrogens with zero attached hydrogens (tertiary/aromatic N) is 2. The number of thioether (sulfide) groups is 1. The van der Waals surface area contributed by atoms with Crippen LogP contribution in [-0.2, 0) is 0 Å².